The van der Waals surface area contributed by atoms with Crippen LogP contribution in [0.25, 0.3) is 11.8 Å². The van der Waals surface area contributed by atoms with Crippen molar-refractivity contribution in [1.29, 1.82) is 5.26 Å². The molecule has 15 heteroatoms. The number of carbonyl (C=O) groups is 3. The van der Waals surface area contributed by atoms with Gasteiger partial charge >= 0.3 is 6.18 Å². The number of halogens is 3. The summed E-state index contributed by atoms with van der Waals surface area (Å²) < 4.78 is 38.7. The maximum absolute atomic E-state index is 13.0. The van der Waals surface area contributed by atoms with E-state index in [-0.39, 0.29) is 28.2 Å². The second-order valence-electron chi connectivity index (χ2n) is 9.28. The van der Waals surface area contributed by atoms with E-state index in [0.717, 1.165) is 28.7 Å². The number of hydrogen-bond acceptors (Lipinski definition) is 8. The van der Waals surface area contributed by atoms with Gasteiger partial charge in [-0.15, -0.1) is 11.3 Å². The Morgan fingerprint density at radius 3 is 2.66 bits per heavy atom. The van der Waals surface area contributed by atoms with Gasteiger partial charge in [0.25, 0.3) is 11.5 Å². The summed E-state index contributed by atoms with van der Waals surface area (Å²) in [4.78, 5) is 53.1. The first-order valence-corrected chi connectivity index (χ1v) is 13.5. The molecule has 220 valence electrons. The largest absolute Gasteiger partial charge is 0.405 e. The zero-order chi connectivity index (χ0) is 30.3. The van der Waals surface area contributed by atoms with Gasteiger partial charge in [0.1, 0.15) is 21.8 Å². The van der Waals surface area contributed by atoms with Crippen molar-refractivity contribution in [3.8, 4) is 6.07 Å². The second kappa shape index (κ2) is 13.5. The minimum absolute atomic E-state index is 0.0245. The van der Waals surface area contributed by atoms with Crippen LogP contribution in [0, 0.1) is 11.3 Å². The number of carbonyl (C=O) groups excluding carboxylic acids is 3. The zero-order valence-corrected chi connectivity index (χ0v) is 23.3. The minimum atomic E-state index is -4.66. The number of likely N-dealkylation sites (tertiary alicyclic amines) is 1. The van der Waals surface area contributed by atoms with Crippen LogP contribution in [0.2, 0.25) is 0 Å². The predicted molar refractivity (Wildman–Crippen MR) is 148 cm³/mol. The van der Waals surface area contributed by atoms with Crippen LogP contribution in [0.4, 0.5) is 24.5 Å². The first-order valence-electron chi connectivity index (χ1n) is 12.7. The molecule has 1 saturated heterocycles. The average Bonchev–Trinajstić information content (AvgIpc) is 3.25. The summed E-state index contributed by atoms with van der Waals surface area (Å²) >= 11 is 0.785. The Labute approximate surface area is 237 Å². The SMILES string of the molecule is CCn1c(=C(C#N)C(=O)NCC(F)(F)F)sc(=CNc2cccc(N(C)C(=O)CN3CCCCC3C(N)=O)c2)c1=O. The molecule has 2 aromatic rings. The van der Waals surface area contributed by atoms with Gasteiger partial charge in [-0.25, -0.2) is 0 Å². The van der Waals surface area contributed by atoms with Crippen LogP contribution in [0.3, 0.4) is 0 Å². The van der Waals surface area contributed by atoms with Crippen LogP contribution < -0.4 is 36.0 Å². The molecule has 0 saturated carbocycles. The van der Waals surface area contributed by atoms with Crippen molar-refractivity contribution in [2.24, 2.45) is 5.73 Å². The fraction of sp³-hybridized carbons (Fsp3) is 0.423. The van der Waals surface area contributed by atoms with Crippen molar-refractivity contribution < 1.29 is 27.6 Å². The number of nitrogens with zero attached hydrogens (tertiary/aromatic N) is 4. The van der Waals surface area contributed by atoms with Crippen LogP contribution in [-0.2, 0) is 20.9 Å². The number of rotatable bonds is 9. The molecule has 4 N–H and O–H groups in total. The molecule has 1 fully saturated rings. The molecule has 11 nitrogen and oxygen atoms in total. The molecule has 1 aromatic heterocycles. The highest BCUT2D eigenvalue weighted by molar-refractivity contribution is 7.07. The van der Waals surface area contributed by atoms with Crippen LogP contribution in [0.15, 0.2) is 29.1 Å². The summed E-state index contributed by atoms with van der Waals surface area (Å²) in [6.07, 6.45) is -0.957. The van der Waals surface area contributed by atoms with Gasteiger partial charge in [0, 0.05) is 31.2 Å². The molecular weight excluding hydrogens is 563 g/mol. The van der Waals surface area contributed by atoms with Crippen molar-refractivity contribution in [2.75, 3.05) is 36.9 Å². The summed E-state index contributed by atoms with van der Waals surface area (Å²) in [6.45, 7) is 0.680. The van der Waals surface area contributed by atoms with Gasteiger partial charge in [0.2, 0.25) is 11.8 Å². The van der Waals surface area contributed by atoms with E-state index in [4.69, 9.17) is 5.73 Å². The Balaban J connectivity index is 1.83. The fourth-order valence-corrected chi connectivity index (χ4v) is 5.42. The number of hydrogen-bond donors (Lipinski definition) is 3. The molecule has 3 amide bonds. The predicted octanol–water partition coefficient (Wildman–Crippen LogP) is 0.435. The van der Waals surface area contributed by atoms with E-state index in [9.17, 15) is 37.6 Å². The highest BCUT2D eigenvalue weighted by Crippen LogP contribution is 2.21. The number of benzene rings is 1. The van der Waals surface area contributed by atoms with Crippen molar-refractivity contribution >= 4 is 52.2 Å². The number of nitrogens with one attached hydrogen (secondary N) is 2. The lowest BCUT2D eigenvalue weighted by Crippen LogP contribution is -2.51. The van der Waals surface area contributed by atoms with Crippen LogP contribution in [0.1, 0.15) is 26.2 Å². The van der Waals surface area contributed by atoms with Crippen LogP contribution in [0.5, 0.6) is 0 Å². The van der Waals surface area contributed by atoms with Crippen molar-refractivity contribution in [1.82, 2.24) is 14.8 Å². The van der Waals surface area contributed by atoms with E-state index in [0.29, 0.717) is 24.3 Å². The molecule has 1 atom stereocenters. The second-order valence-corrected chi connectivity index (χ2v) is 10.3. The number of aromatic nitrogens is 1. The Hall–Kier alpha value is -4.16. The highest BCUT2D eigenvalue weighted by Gasteiger charge is 2.30. The molecular formula is C26H30F3N7O4S. The maximum Gasteiger partial charge on any atom is 0.405 e. The van der Waals surface area contributed by atoms with Crippen molar-refractivity contribution in [3.05, 3.63) is 43.8 Å². The Morgan fingerprint density at radius 1 is 1.29 bits per heavy atom. The molecule has 1 aliphatic heterocycles. The van der Waals surface area contributed by atoms with Crippen molar-refractivity contribution in [3.63, 3.8) is 0 Å². The molecule has 41 heavy (non-hydrogen) atoms. The molecule has 0 aliphatic carbocycles. The summed E-state index contributed by atoms with van der Waals surface area (Å²) in [5.41, 5.74) is 5.42. The summed E-state index contributed by atoms with van der Waals surface area (Å²) in [5.74, 6) is -1.93. The molecule has 1 unspecified atom stereocenters. The molecule has 1 aromatic carbocycles. The third kappa shape index (κ3) is 7.95. The monoisotopic (exact) mass is 593 g/mol. The van der Waals surface area contributed by atoms with Crippen LogP contribution in [-0.4, -0.2) is 66.1 Å². The van der Waals surface area contributed by atoms with Gasteiger partial charge in [-0.3, -0.25) is 28.6 Å². The number of piperidine rings is 1. The minimum Gasteiger partial charge on any atom is -0.368 e. The normalized spacial score (nSPS) is 17.0. The molecule has 0 radical (unpaired) electrons. The topological polar surface area (TPSA) is 154 Å². The Morgan fingerprint density at radius 2 is 2.02 bits per heavy atom. The quantitative estimate of drug-likeness (QED) is 0.381. The molecule has 3 rings (SSSR count). The molecule has 2 heterocycles. The average molecular weight is 594 g/mol. The van der Waals surface area contributed by atoms with Crippen molar-refractivity contribution in [2.45, 2.75) is 44.9 Å². The number of amides is 3. The lowest BCUT2D eigenvalue weighted by Gasteiger charge is -2.34. The summed E-state index contributed by atoms with van der Waals surface area (Å²) in [6, 6.07) is 7.88. The van der Waals surface area contributed by atoms with Gasteiger partial charge in [0.15, 0.2) is 5.57 Å². The highest BCUT2D eigenvalue weighted by atomic mass is 32.1. The van der Waals surface area contributed by atoms with E-state index in [1.165, 1.54) is 11.1 Å². The third-order valence-electron chi connectivity index (χ3n) is 6.48. The number of primary amides is 1. The van der Waals surface area contributed by atoms with Gasteiger partial charge < -0.3 is 21.3 Å². The number of thiazole rings is 1. The number of alkyl halides is 3. The standard InChI is InChI=1S/C26H30F3N7O4S/c1-3-36-24(40)20(41-25(36)18(12-30)23(39)33-15-26(27,28)29)13-32-16-7-6-8-17(11-16)34(2)21(37)14-35-10-5-4-9-19(35)22(31)38/h6-8,11,13,19,32H,3-5,9-10,14-15H2,1-2H3,(H2,31,38)(H,33,39). The summed E-state index contributed by atoms with van der Waals surface area (Å²) in [7, 11) is 1.60. The zero-order valence-electron chi connectivity index (χ0n) is 22.5. The number of likely N-dealkylation sites (N-methyl/N-ethyl adjacent to an activating group) is 1. The van der Waals surface area contributed by atoms with E-state index in [1.54, 1.807) is 54.5 Å². The Bertz CT molecular complexity index is 1530. The smallest absolute Gasteiger partial charge is 0.368 e. The molecule has 1 aliphatic rings. The summed E-state index contributed by atoms with van der Waals surface area (Å²) in [5, 5.41) is 14.1. The number of nitriles is 1. The van der Waals surface area contributed by atoms with E-state index in [1.807, 2.05) is 0 Å². The first-order chi connectivity index (χ1) is 19.4. The fourth-order valence-electron chi connectivity index (χ4n) is 4.34. The van der Waals surface area contributed by atoms with E-state index >= 15 is 0 Å². The van der Waals surface area contributed by atoms with Gasteiger partial charge in [-0.05, 0) is 44.5 Å². The van der Waals surface area contributed by atoms with E-state index in [2.05, 4.69) is 5.32 Å². The number of anilines is 2. The maximum atomic E-state index is 13.0. The molecule has 0 bridgehead atoms. The van der Waals surface area contributed by atoms with Gasteiger partial charge in [-0.2, -0.15) is 18.4 Å². The number of nitrogens with two attached hydrogens (primary N) is 1. The lowest BCUT2D eigenvalue weighted by atomic mass is 10.0. The lowest BCUT2D eigenvalue weighted by molar-refractivity contribution is -0.135. The Kier molecular flexibility index (Phi) is 10.3. The van der Waals surface area contributed by atoms with Gasteiger partial charge in [0.05, 0.1) is 12.6 Å². The molecule has 0 spiro atoms. The van der Waals surface area contributed by atoms with Crippen LogP contribution >= 0.6 is 11.3 Å². The first kappa shape index (κ1) is 31.4. The van der Waals surface area contributed by atoms with E-state index < -0.39 is 41.7 Å². The van der Waals surface area contributed by atoms with Gasteiger partial charge in [-0.1, -0.05) is 12.5 Å². The third-order valence-corrected chi connectivity index (χ3v) is 7.61.